The zero-order valence-electron chi connectivity index (χ0n) is 14.9. The number of imide groups is 1. The van der Waals surface area contributed by atoms with Crippen molar-refractivity contribution in [3.8, 4) is 6.07 Å². The maximum absolute atomic E-state index is 12.2. The minimum absolute atomic E-state index is 0.00138. The molecular formula is C17H23N5O4. The third-order valence-electron chi connectivity index (χ3n) is 4.68. The highest BCUT2D eigenvalue weighted by Gasteiger charge is 2.23. The van der Waals surface area contributed by atoms with Crippen molar-refractivity contribution in [2.24, 2.45) is 5.92 Å². The Morgan fingerprint density at radius 1 is 1.31 bits per heavy atom. The van der Waals surface area contributed by atoms with Gasteiger partial charge in [0.05, 0.1) is 0 Å². The second kappa shape index (κ2) is 8.47. The van der Waals surface area contributed by atoms with E-state index in [-0.39, 0.29) is 18.2 Å². The summed E-state index contributed by atoms with van der Waals surface area (Å²) in [4.78, 5) is 48.4. The first kappa shape index (κ1) is 19.4. The molecule has 0 bridgehead atoms. The van der Waals surface area contributed by atoms with E-state index in [1.54, 1.807) is 13.0 Å². The van der Waals surface area contributed by atoms with Gasteiger partial charge in [-0.1, -0.05) is 19.8 Å². The fraction of sp³-hybridized carbons (Fsp3) is 0.588. The molecule has 0 spiro atoms. The van der Waals surface area contributed by atoms with Crippen LogP contribution in [0, 0.1) is 17.2 Å². The third-order valence-corrected chi connectivity index (χ3v) is 4.68. The van der Waals surface area contributed by atoms with Gasteiger partial charge in [0, 0.05) is 18.8 Å². The van der Waals surface area contributed by atoms with Crippen molar-refractivity contribution in [2.45, 2.75) is 58.7 Å². The molecule has 2 rings (SSSR count). The lowest BCUT2D eigenvalue weighted by Gasteiger charge is -2.29. The fourth-order valence-electron chi connectivity index (χ4n) is 3.14. The largest absolute Gasteiger partial charge is 0.335 e. The van der Waals surface area contributed by atoms with Gasteiger partial charge in [0.2, 0.25) is 5.91 Å². The number of rotatable bonds is 4. The molecule has 1 aliphatic carbocycles. The van der Waals surface area contributed by atoms with E-state index in [4.69, 9.17) is 5.26 Å². The molecule has 9 heteroatoms. The van der Waals surface area contributed by atoms with Crippen molar-refractivity contribution in [1.82, 2.24) is 19.8 Å². The smallest absolute Gasteiger partial charge is 0.331 e. The number of aromatic nitrogens is 2. The molecule has 1 aromatic heterocycles. The lowest BCUT2D eigenvalue weighted by molar-refractivity contribution is -0.120. The van der Waals surface area contributed by atoms with E-state index in [0.717, 1.165) is 36.4 Å². The van der Waals surface area contributed by atoms with Crippen molar-refractivity contribution in [1.29, 1.82) is 5.26 Å². The summed E-state index contributed by atoms with van der Waals surface area (Å²) in [6.07, 6.45) is 5.19. The number of nitriles is 1. The molecule has 1 fully saturated rings. The van der Waals surface area contributed by atoms with Gasteiger partial charge < -0.3 is 5.32 Å². The number of carbonyl (C=O) groups is 2. The highest BCUT2D eigenvalue weighted by molar-refractivity contribution is 5.94. The molecular weight excluding hydrogens is 338 g/mol. The second-order valence-corrected chi connectivity index (χ2v) is 6.50. The molecule has 1 heterocycles. The quantitative estimate of drug-likeness (QED) is 0.798. The van der Waals surface area contributed by atoms with E-state index < -0.39 is 29.7 Å². The number of urea groups is 1. The summed E-state index contributed by atoms with van der Waals surface area (Å²) < 4.78 is 1.82. The predicted molar refractivity (Wildman–Crippen MR) is 93.4 cm³/mol. The first-order valence-corrected chi connectivity index (χ1v) is 8.72. The SMILES string of the molecule is CCn1cc(C#N)c(=O)n(CC(=O)NC(=O)N[C@H]2CCCC[C@@H]2C)c1=O. The van der Waals surface area contributed by atoms with E-state index in [1.807, 2.05) is 6.92 Å². The molecule has 1 aliphatic rings. The van der Waals surface area contributed by atoms with Gasteiger partial charge in [-0.2, -0.15) is 5.26 Å². The lowest BCUT2D eigenvalue weighted by atomic mass is 9.86. The lowest BCUT2D eigenvalue weighted by Crippen LogP contribution is -2.50. The molecule has 1 aromatic rings. The fourth-order valence-corrected chi connectivity index (χ4v) is 3.14. The molecule has 1 saturated carbocycles. The summed E-state index contributed by atoms with van der Waals surface area (Å²) in [7, 11) is 0. The van der Waals surface area contributed by atoms with Crippen LogP contribution in [0.3, 0.4) is 0 Å². The molecule has 2 N–H and O–H groups in total. The van der Waals surface area contributed by atoms with E-state index >= 15 is 0 Å². The van der Waals surface area contributed by atoms with Crippen molar-refractivity contribution < 1.29 is 9.59 Å². The number of hydrogen-bond donors (Lipinski definition) is 2. The number of nitrogens with one attached hydrogen (secondary N) is 2. The normalized spacial score (nSPS) is 19.4. The monoisotopic (exact) mass is 361 g/mol. The van der Waals surface area contributed by atoms with Gasteiger partial charge >= 0.3 is 11.7 Å². The molecule has 0 aromatic carbocycles. The van der Waals surface area contributed by atoms with Crippen molar-refractivity contribution >= 4 is 11.9 Å². The standard InChI is InChI=1S/C17H23N5O4/c1-3-21-9-12(8-18)15(24)22(17(21)26)10-14(23)20-16(25)19-13-7-5-4-6-11(13)2/h9,11,13H,3-7,10H2,1-2H3,(H2,19,20,23,25)/t11-,13-/m0/s1. The van der Waals surface area contributed by atoms with E-state index in [9.17, 15) is 19.2 Å². The summed E-state index contributed by atoms with van der Waals surface area (Å²) in [5.74, 6) is -0.459. The molecule has 0 radical (unpaired) electrons. The van der Waals surface area contributed by atoms with E-state index in [1.165, 1.54) is 0 Å². The molecule has 140 valence electrons. The van der Waals surface area contributed by atoms with Crippen LogP contribution >= 0.6 is 0 Å². The third kappa shape index (κ3) is 4.39. The Kier molecular flexibility index (Phi) is 6.33. The number of hydrogen-bond acceptors (Lipinski definition) is 5. The first-order valence-electron chi connectivity index (χ1n) is 8.72. The summed E-state index contributed by atoms with van der Waals surface area (Å²) >= 11 is 0. The van der Waals surface area contributed by atoms with Crippen LogP contribution in [0.4, 0.5) is 4.79 Å². The molecule has 0 saturated heterocycles. The van der Waals surface area contributed by atoms with Crippen LogP contribution in [0.2, 0.25) is 0 Å². The Morgan fingerprint density at radius 2 is 2.00 bits per heavy atom. The predicted octanol–water partition coefficient (Wildman–Crippen LogP) is 0.306. The Labute approximate surface area is 150 Å². The topological polar surface area (TPSA) is 126 Å². The number of nitrogens with zero attached hydrogens (tertiary/aromatic N) is 3. The maximum atomic E-state index is 12.2. The number of carbonyl (C=O) groups excluding carboxylic acids is 2. The van der Waals surface area contributed by atoms with Crippen molar-refractivity contribution in [2.75, 3.05) is 0 Å². The van der Waals surface area contributed by atoms with E-state index in [0.29, 0.717) is 10.5 Å². The van der Waals surface area contributed by atoms with Gasteiger partial charge in [0.25, 0.3) is 5.56 Å². The van der Waals surface area contributed by atoms with Crippen LogP contribution in [0.15, 0.2) is 15.8 Å². The average Bonchev–Trinajstić information content (AvgIpc) is 2.61. The molecule has 3 amide bonds. The Bertz CT molecular complexity index is 848. The summed E-state index contributed by atoms with van der Waals surface area (Å²) in [6, 6.07) is 1.06. The van der Waals surface area contributed by atoms with E-state index in [2.05, 4.69) is 10.6 Å². The van der Waals surface area contributed by atoms with Crippen LogP contribution < -0.4 is 21.9 Å². The van der Waals surface area contributed by atoms with Gasteiger partial charge in [-0.15, -0.1) is 0 Å². The second-order valence-electron chi connectivity index (χ2n) is 6.50. The van der Waals surface area contributed by atoms with Crippen molar-refractivity contribution in [3.63, 3.8) is 0 Å². The average molecular weight is 361 g/mol. The molecule has 9 nitrogen and oxygen atoms in total. The Balaban J connectivity index is 2.08. The molecule has 0 unspecified atom stereocenters. The highest BCUT2D eigenvalue weighted by Crippen LogP contribution is 2.23. The molecule has 0 aliphatic heterocycles. The number of amides is 3. The maximum Gasteiger partial charge on any atom is 0.331 e. The summed E-state index contributed by atoms with van der Waals surface area (Å²) in [6.45, 7) is 3.35. The summed E-state index contributed by atoms with van der Waals surface area (Å²) in [5, 5.41) is 13.9. The van der Waals surface area contributed by atoms with Gasteiger partial charge in [-0.3, -0.25) is 19.5 Å². The van der Waals surface area contributed by atoms with Gasteiger partial charge in [-0.25, -0.2) is 14.2 Å². The molecule has 2 atom stereocenters. The van der Waals surface area contributed by atoms with Gasteiger partial charge in [0.1, 0.15) is 18.2 Å². The van der Waals surface area contributed by atoms with Gasteiger partial charge in [0.15, 0.2) is 0 Å². The molecule has 26 heavy (non-hydrogen) atoms. The first-order chi connectivity index (χ1) is 12.4. The highest BCUT2D eigenvalue weighted by atomic mass is 16.2. The van der Waals surface area contributed by atoms with Crippen LogP contribution in [0.1, 0.15) is 45.1 Å². The minimum atomic E-state index is -0.848. The van der Waals surface area contributed by atoms with Crippen molar-refractivity contribution in [3.05, 3.63) is 32.6 Å². The zero-order chi connectivity index (χ0) is 19.3. The minimum Gasteiger partial charge on any atom is -0.335 e. The van der Waals surface area contributed by atoms with Gasteiger partial charge in [-0.05, 0) is 25.7 Å². The van der Waals surface area contributed by atoms with Crippen LogP contribution in [-0.2, 0) is 17.9 Å². The number of aryl methyl sites for hydroxylation is 1. The van der Waals surface area contributed by atoms with Crippen LogP contribution in [0.25, 0.3) is 0 Å². The summed E-state index contributed by atoms with van der Waals surface area (Å²) in [5.41, 5.74) is -1.79. The zero-order valence-corrected chi connectivity index (χ0v) is 14.9. The Morgan fingerprint density at radius 3 is 2.62 bits per heavy atom. The van der Waals surface area contributed by atoms with Crippen LogP contribution in [-0.4, -0.2) is 27.1 Å². The Hall–Kier alpha value is -2.89. The van der Waals surface area contributed by atoms with Crippen LogP contribution in [0.5, 0.6) is 0 Å².